The van der Waals surface area contributed by atoms with Crippen molar-refractivity contribution in [2.45, 2.75) is 0 Å². The summed E-state index contributed by atoms with van der Waals surface area (Å²) in [6.07, 6.45) is 0. The van der Waals surface area contributed by atoms with Gasteiger partial charge in [0.05, 0.1) is 18.9 Å². The maximum atomic E-state index is 12.2. The molecule has 0 spiro atoms. The molecular formula is C14H14N4O2. The number of nitrogens with two attached hydrogens (primary N) is 1. The molecule has 2 rings (SSSR count). The van der Waals surface area contributed by atoms with Gasteiger partial charge >= 0.3 is 0 Å². The number of carbonyl (C=O) groups is 1. The Morgan fingerprint density at radius 2 is 2.10 bits per heavy atom. The van der Waals surface area contributed by atoms with Gasteiger partial charge in [-0.1, -0.05) is 24.3 Å². The molecule has 3 N–H and O–H groups in total. The van der Waals surface area contributed by atoms with E-state index in [1.807, 2.05) is 6.07 Å². The Morgan fingerprint density at radius 3 is 2.70 bits per heavy atom. The maximum Gasteiger partial charge on any atom is 0.275 e. The van der Waals surface area contributed by atoms with E-state index in [1.54, 1.807) is 18.2 Å². The van der Waals surface area contributed by atoms with Crippen LogP contribution in [-0.2, 0) is 4.79 Å². The van der Waals surface area contributed by atoms with Gasteiger partial charge in [-0.2, -0.15) is 0 Å². The van der Waals surface area contributed by atoms with E-state index < -0.39 is 5.91 Å². The van der Waals surface area contributed by atoms with Gasteiger partial charge in [0.2, 0.25) is 0 Å². The van der Waals surface area contributed by atoms with Crippen LogP contribution in [0, 0.1) is 6.57 Å². The van der Waals surface area contributed by atoms with E-state index in [1.165, 1.54) is 11.9 Å². The van der Waals surface area contributed by atoms with E-state index in [-0.39, 0.29) is 18.8 Å². The van der Waals surface area contributed by atoms with E-state index in [4.69, 9.17) is 17.4 Å². The molecule has 6 nitrogen and oxygen atoms in total. The molecule has 0 bridgehead atoms. The summed E-state index contributed by atoms with van der Waals surface area (Å²) in [7, 11) is 1.53. The van der Waals surface area contributed by atoms with Crippen molar-refractivity contribution in [2.24, 2.45) is 10.7 Å². The van der Waals surface area contributed by atoms with Crippen molar-refractivity contribution in [2.75, 3.05) is 20.2 Å². The Kier molecular flexibility index (Phi) is 3.82. The number of fused-ring (bicyclic) bond motifs is 1. The molecule has 6 heteroatoms. The monoisotopic (exact) mass is 270 g/mol. The number of rotatable bonds is 3. The summed E-state index contributed by atoms with van der Waals surface area (Å²) in [6, 6.07) is 7.20. The predicted molar refractivity (Wildman–Crippen MR) is 75.4 cm³/mol. The van der Waals surface area contributed by atoms with Crippen molar-refractivity contribution in [3.63, 3.8) is 0 Å². The zero-order chi connectivity index (χ0) is 14.7. The highest BCUT2D eigenvalue weighted by Crippen LogP contribution is 2.30. The fourth-order valence-electron chi connectivity index (χ4n) is 1.97. The van der Waals surface area contributed by atoms with Crippen molar-refractivity contribution >= 4 is 17.4 Å². The number of aliphatic hydroxyl groups is 1. The Labute approximate surface area is 116 Å². The summed E-state index contributed by atoms with van der Waals surface area (Å²) in [5.41, 5.74) is 7.42. The quantitative estimate of drug-likeness (QED) is 0.617. The highest BCUT2D eigenvalue weighted by atomic mass is 16.3. The van der Waals surface area contributed by atoms with Crippen molar-refractivity contribution in [3.8, 4) is 0 Å². The second-order valence-electron chi connectivity index (χ2n) is 4.30. The lowest BCUT2D eigenvalue weighted by atomic mass is 10.1. The zero-order valence-electron chi connectivity index (χ0n) is 11.0. The van der Waals surface area contributed by atoms with E-state index >= 15 is 0 Å². The van der Waals surface area contributed by atoms with Crippen LogP contribution in [0.25, 0.3) is 10.5 Å². The third kappa shape index (κ3) is 2.27. The molecule has 1 aromatic rings. The summed E-state index contributed by atoms with van der Waals surface area (Å²) >= 11 is 0. The first-order chi connectivity index (χ1) is 9.60. The first-order valence-electron chi connectivity index (χ1n) is 6.02. The van der Waals surface area contributed by atoms with Crippen LogP contribution in [0.3, 0.4) is 0 Å². The van der Waals surface area contributed by atoms with Crippen molar-refractivity contribution in [1.82, 2.24) is 4.90 Å². The molecule has 20 heavy (non-hydrogen) atoms. The van der Waals surface area contributed by atoms with Gasteiger partial charge in [-0.25, -0.2) is 9.84 Å². The number of amides is 1. The van der Waals surface area contributed by atoms with Gasteiger partial charge in [-0.3, -0.25) is 4.79 Å². The SMILES string of the molecule is [C-]#[N+]/C(C(=O)N(C)CCO)=C1/N=C(N)c2ccccc21. The van der Waals surface area contributed by atoms with Gasteiger partial charge in [0.25, 0.3) is 11.6 Å². The summed E-state index contributed by atoms with van der Waals surface area (Å²) in [6.45, 7) is 7.23. The average molecular weight is 270 g/mol. The fraction of sp³-hybridized carbons (Fsp3) is 0.214. The smallest absolute Gasteiger partial charge is 0.275 e. The number of hydrogen-bond donors (Lipinski definition) is 2. The Bertz CT molecular complexity index is 655. The van der Waals surface area contributed by atoms with Crippen LogP contribution >= 0.6 is 0 Å². The second kappa shape index (κ2) is 5.55. The van der Waals surface area contributed by atoms with Crippen LogP contribution in [0.5, 0.6) is 0 Å². The molecule has 1 aromatic carbocycles. The lowest BCUT2D eigenvalue weighted by molar-refractivity contribution is -0.125. The van der Waals surface area contributed by atoms with Crippen LogP contribution in [0.4, 0.5) is 0 Å². The summed E-state index contributed by atoms with van der Waals surface area (Å²) in [5, 5.41) is 8.87. The first kappa shape index (κ1) is 13.8. The molecule has 1 aliphatic rings. The second-order valence-corrected chi connectivity index (χ2v) is 4.30. The average Bonchev–Trinajstić information content (AvgIpc) is 2.78. The summed E-state index contributed by atoms with van der Waals surface area (Å²) < 4.78 is 0. The highest BCUT2D eigenvalue weighted by Gasteiger charge is 2.26. The Morgan fingerprint density at radius 1 is 1.45 bits per heavy atom. The summed E-state index contributed by atoms with van der Waals surface area (Å²) in [4.78, 5) is 20.9. The molecule has 0 saturated heterocycles. The molecule has 0 radical (unpaired) electrons. The van der Waals surface area contributed by atoms with Crippen LogP contribution in [0.15, 0.2) is 35.0 Å². The maximum absolute atomic E-state index is 12.2. The molecule has 0 fully saturated rings. The highest BCUT2D eigenvalue weighted by molar-refractivity contribution is 6.14. The molecular weight excluding hydrogens is 256 g/mol. The van der Waals surface area contributed by atoms with Gasteiger partial charge in [0, 0.05) is 24.7 Å². The molecule has 0 saturated carbocycles. The molecule has 0 aromatic heterocycles. The van der Waals surface area contributed by atoms with Crippen LogP contribution < -0.4 is 5.73 Å². The third-order valence-electron chi connectivity index (χ3n) is 3.01. The molecule has 0 atom stereocenters. The zero-order valence-corrected chi connectivity index (χ0v) is 11.0. The van der Waals surface area contributed by atoms with Gasteiger partial charge in [0.15, 0.2) is 0 Å². The van der Waals surface area contributed by atoms with Gasteiger partial charge in [-0.15, -0.1) is 0 Å². The topological polar surface area (TPSA) is 83.3 Å². The largest absolute Gasteiger partial charge is 0.395 e. The van der Waals surface area contributed by atoms with Gasteiger partial charge in [0.1, 0.15) is 5.84 Å². The minimum atomic E-state index is -0.475. The third-order valence-corrected chi connectivity index (χ3v) is 3.01. The minimum Gasteiger partial charge on any atom is -0.395 e. The number of amidine groups is 1. The number of likely N-dealkylation sites (N-methyl/N-ethyl adjacent to an activating group) is 1. The van der Waals surface area contributed by atoms with E-state index in [0.717, 1.165) is 5.56 Å². The number of aliphatic hydroxyl groups excluding tert-OH is 1. The fourth-order valence-corrected chi connectivity index (χ4v) is 1.97. The Balaban J connectivity index is 2.52. The number of nitrogens with zero attached hydrogens (tertiary/aromatic N) is 3. The number of hydrogen-bond acceptors (Lipinski definition) is 4. The van der Waals surface area contributed by atoms with Crippen LogP contribution in [0.2, 0.25) is 0 Å². The predicted octanol–water partition coefficient (Wildman–Crippen LogP) is 0.444. The Hall–Kier alpha value is -2.65. The normalized spacial score (nSPS) is 15.2. The lowest BCUT2D eigenvalue weighted by Gasteiger charge is -2.15. The van der Waals surface area contributed by atoms with Crippen LogP contribution in [-0.4, -0.2) is 41.9 Å². The molecule has 0 unspecified atom stereocenters. The van der Waals surface area contributed by atoms with E-state index in [9.17, 15) is 4.79 Å². The van der Waals surface area contributed by atoms with E-state index in [2.05, 4.69) is 9.84 Å². The first-order valence-corrected chi connectivity index (χ1v) is 6.02. The van der Waals surface area contributed by atoms with E-state index in [0.29, 0.717) is 17.1 Å². The van der Waals surface area contributed by atoms with Gasteiger partial charge < -0.3 is 15.7 Å². The molecule has 0 aliphatic carbocycles. The molecule has 1 heterocycles. The molecule has 102 valence electrons. The van der Waals surface area contributed by atoms with Crippen molar-refractivity contribution < 1.29 is 9.90 Å². The molecule has 1 aliphatic heterocycles. The number of benzene rings is 1. The lowest BCUT2D eigenvalue weighted by Crippen LogP contribution is -2.30. The summed E-state index contributed by atoms with van der Waals surface area (Å²) in [5.74, 6) is -0.174. The van der Waals surface area contributed by atoms with Crippen molar-refractivity contribution in [3.05, 3.63) is 52.5 Å². The van der Waals surface area contributed by atoms with Crippen molar-refractivity contribution in [1.29, 1.82) is 0 Å². The number of aliphatic imine (C=N–C) groups is 1. The van der Waals surface area contributed by atoms with Crippen LogP contribution in [0.1, 0.15) is 11.1 Å². The van der Waals surface area contributed by atoms with Gasteiger partial charge in [-0.05, 0) is 0 Å². The number of carbonyl (C=O) groups excluding carboxylic acids is 1. The standard InChI is InChI=1S/C14H14N4O2/c1-16-12(14(20)18(2)7-8-19)11-9-5-3-4-6-10(9)13(15)17-11/h3-6,19H,7-8H2,2H3,(H2,15,17)/b12-11+. The minimum absolute atomic E-state index is 0.0890. The molecule has 1 amide bonds.